The third-order valence-corrected chi connectivity index (χ3v) is 2.22. The van der Waals surface area contributed by atoms with Gasteiger partial charge in [0, 0.05) is 11.8 Å². The van der Waals surface area contributed by atoms with Gasteiger partial charge in [0.2, 0.25) is 0 Å². The molecule has 0 aliphatic rings. The fraction of sp³-hybridized carbons (Fsp3) is 0. The lowest BCUT2D eigenvalue weighted by Crippen LogP contribution is -1.85. The zero-order valence-electron chi connectivity index (χ0n) is 8.67. The van der Waals surface area contributed by atoms with E-state index in [9.17, 15) is 5.11 Å². The standard InChI is InChI=1S/C13H12N2O/c14-11-6-2-3-7-12(11)15-9-10-5-1-4-8-13(10)16/h1-9,16H,14H2. The van der Waals surface area contributed by atoms with Crippen molar-refractivity contribution < 1.29 is 5.11 Å². The second-order valence-electron chi connectivity index (χ2n) is 3.38. The summed E-state index contributed by atoms with van der Waals surface area (Å²) >= 11 is 0. The van der Waals surface area contributed by atoms with Crippen molar-refractivity contribution in [2.24, 2.45) is 4.99 Å². The molecule has 2 aromatic rings. The first-order chi connectivity index (χ1) is 7.77. The molecule has 0 spiro atoms. The number of benzene rings is 2. The molecule has 0 amide bonds. The second kappa shape index (κ2) is 4.49. The molecule has 0 aromatic heterocycles. The van der Waals surface area contributed by atoms with Crippen molar-refractivity contribution in [3.8, 4) is 5.75 Å². The minimum absolute atomic E-state index is 0.209. The summed E-state index contributed by atoms with van der Waals surface area (Å²) in [6.45, 7) is 0. The zero-order chi connectivity index (χ0) is 11.4. The van der Waals surface area contributed by atoms with Crippen molar-refractivity contribution in [3.05, 3.63) is 54.1 Å². The molecule has 0 bridgehead atoms. The number of phenolic OH excluding ortho intramolecular Hbond substituents is 1. The molecule has 0 saturated heterocycles. The predicted octanol–water partition coefficient (Wildman–Crippen LogP) is 2.73. The number of aromatic hydroxyl groups is 1. The Bertz CT molecular complexity index is 473. The third-order valence-electron chi connectivity index (χ3n) is 2.22. The van der Waals surface area contributed by atoms with E-state index in [0.717, 1.165) is 0 Å². The maximum atomic E-state index is 9.54. The highest BCUT2D eigenvalue weighted by molar-refractivity contribution is 5.86. The van der Waals surface area contributed by atoms with Gasteiger partial charge in [-0.1, -0.05) is 24.3 Å². The molecule has 0 unspecified atom stereocenters. The van der Waals surface area contributed by atoms with Gasteiger partial charge in [0.05, 0.1) is 11.4 Å². The van der Waals surface area contributed by atoms with Crippen LogP contribution in [-0.2, 0) is 0 Å². The van der Waals surface area contributed by atoms with Crippen LogP contribution in [0.2, 0.25) is 0 Å². The predicted molar refractivity (Wildman–Crippen MR) is 66.2 cm³/mol. The first-order valence-corrected chi connectivity index (χ1v) is 4.94. The Morgan fingerprint density at radius 3 is 2.44 bits per heavy atom. The Morgan fingerprint density at radius 2 is 1.69 bits per heavy atom. The fourth-order valence-corrected chi connectivity index (χ4v) is 1.34. The normalized spacial score (nSPS) is 10.8. The molecule has 3 N–H and O–H groups in total. The van der Waals surface area contributed by atoms with E-state index in [1.807, 2.05) is 24.3 Å². The molecule has 0 saturated carbocycles. The molecule has 0 radical (unpaired) electrons. The second-order valence-corrected chi connectivity index (χ2v) is 3.38. The molecule has 3 nitrogen and oxygen atoms in total. The van der Waals surface area contributed by atoms with Crippen molar-refractivity contribution in [1.82, 2.24) is 0 Å². The van der Waals surface area contributed by atoms with Crippen LogP contribution in [0.25, 0.3) is 0 Å². The lowest BCUT2D eigenvalue weighted by molar-refractivity contribution is 0.474. The topological polar surface area (TPSA) is 58.6 Å². The minimum atomic E-state index is 0.209. The van der Waals surface area contributed by atoms with Gasteiger partial charge in [-0.2, -0.15) is 0 Å². The van der Waals surface area contributed by atoms with Crippen molar-refractivity contribution in [2.75, 3.05) is 5.73 Å². The van der Waals surface area contributed by atoms with Crippen molar-refractivity contribution >= 4 is 17.6 Å². The van der Waals surface area contributed by atoms with Gasteiger partial charge in [0.1, 0.15) is 5.75 Å². The van der Waals surface area contributed by atoms with E-state index in [0.29, 0.717) is 16.9 Å². The van der Waals surface area contributed by atoms with E-state index in [4.69, 9.17) is 5.73 Å². The molecule has 16 heavy (non-hydrogen) atoms. The highest BCUT2D eigenvalue weighted by Gasteiger charge is 1.96. The van der Waals surface area contributed by atoms with Crippen LogP contribution in [0.3, 0.4) is 0 Å². The van der Waals surface area contributed by atoms with Crippen LogP contribution in [0.5, 0.6) is 5.75 Å². The third kappa shape index (κ3) is 2.20. The Labute approximate surface area is 93.9 Å². The Balaban J connectivity index is 2.29. The number of nitrogens with two attached hydrogens (primary N) is 1. The number of hydrogen-bond acceptors (Lipinski definition) is 3. The van der Waals surface area contributed by atoms with Gasteiger partial charge in [-0.05, 0) is 24.3 Å². The maximum absolute atomic E-state index is 9.54. The van der Waals surface area contributed by atoms with E-state index in [2.05, 4.69) is 4.99 Å². The summed E-state index contributed by atoms with van der Waals surface area (Å²) in [5.41, 5.74) is 7.74. The van der Waals surface area contributed by atoms with Gasteiger partial charge in [-0.3, -0.25) is 4.99 Å². The van der Waals surface area contributed by atoms with Gasteiger partial charge in [0.15, 0.2) is 0 Å². The first kappa shape index (κ1) is 10.2. The summed E-state index contributed by atoms with van der Waals surface area (Å²) in [6.07, 6.45) is 1.60. The van der Waals surface area contributed by atoms with E-state index in [-0.39, 0.29) is 5.75 Å². The lowest BCUT2D eigenvalue weighted by atomic mass is 10.2. The summed E-state index contributed by atoms with van der Waals surface area (Å²) in [4.78, 5) is 4.23. The first-order valence-electron chi connectivity index (χ1n) is 4.94. The van der Waals surface area contributed by atoms with E-state index in [1.165, 1.54) is 0 Å². The summed E-state index contributed by atoms with van der Waals surface area (Å²) in [5, 5.41) is 9.54. The number of hydrogen-bond donors (Lipinski definition) is 2. The molecule has 0 atom stereocenters. The van der Waals surface area contributed by atoms with Crippen LogP contribution >= 0.6 is 0 Å². The van der Waals surface area contributed by atoms with Crippen LogP contribution in [0.4, 0.5) is 11.4 Å². The Kier molecular flexibility index (Phi) is 2.87. The average Bonchev–Trinajstić information content (AvgIpc) is 2.30. The molecule has 80 valence electrons. The molecule has 0 aliphatic heterocycles. The van der Waals surface area contributed by atoms with Crippen LogP contribution in [-0.4, -0.2) is 11.3 Å². The van der Waals surface area contributed by atoms with Crippen LogP contribution in [0.15, 0.2) is 53.5 Å². The fourth-order valence-electron chi connectivity index (χ4n) is 1.34. The zero-order valence-corrected chi connectivity index (χ0v) is 8.67. The highest BCUT2D eigenvalue weighted by atomic mass is 16.3. The molecular weight excluding hydrogens is 200 g/mol. The monoisotopic (exact) mass is 212 g/mol. The molecule has 0 heterocycles. The largest absolute Gasteiger partial charge is 0.507 e. The number of nitrogen functional groups attached to an aromatic ring is 1. The van der Waals surface area contributed by atoms with Gasteiger partial charge in [-0.25, -0.2) is 0 Å². The smallest absolute Gasteiger partial charge is 0.124 e. The maximum Gasteiger partial charge on any atom is 0.124 e. The number of rotatable bonds is 2. The van der Waals surface area contributed by atoms with Crippen LogP contribution in [0.1, 0.15) is 5.56 Å². The van der Waals surface area contributed by atoms with E-state index < -0.39 is 0 Å². The Morgan fingerprint density at radius 1 is 1.00 bits per heavy atom. The van der Waals surface area contributed by atoms with Crippen LogP contribution < -0.4 is 5.73 Å². The molecule has 2 aromatic carbocycles. The molecule has 0 aliphatic carbocycles. The van der Waals surface area contributed by atoms with Crippen molar-refractivity contribution in [3.63, 3.8) is 0 Å². The van der Waals surface area contributed by atoms with Crippen molar-refractivity contribution in [2.45, 2.75) is 0 Å². The van der Waals surface area contributed by atoms with Gasteiger partial charge < -0.3 is 10.8 Å². The number of aliphatic imine (C=N–C) groups is 1. The summed E-state index contributed by atoms with van der Waals surface area (Å²) in [7, 11) is 0. The molecular formula is C13H12N2O. The number of anilines is 1. The Hall–Kier alpha value is -2.29. The number of para-hydroxylation sites is 3. The summed E-state index contributed by atoms with van der Waals surface area (Å²) in [5.74, 6) is 0.209. The lowest BCUT2D eigenvalue weighted by Gasteiger charge is -1.99. The van der Waals surface area contributed by atoms with Gasteiger partial charge >= 0.3 is 0 Å². The van der Waals surface area contributed by atoms with E-state index in [1.54, 1.807) is 30.5 Å². The van der Waals surface area contributed by atoms with Crippen LogP contribution in [0, 0.1) is 0 Å². The van der Waals surface area contributed by atoms with Gasteiger partial charge in [-0.15, -0.1) is 0 Å². The molecule has 0 fully saturated rings. The number of nitrogens with zero attached hydrogens (tertiary/aromatic N) is 1. The summed E-state index contributed by atoms with van der Waals surface area (Å²) in [6, 6.07) is 14.4. The highest BCUT2D eigenvalue weighted by Crippen LogP contribution is 2.21. The SMILES string of the molecule is Nc1ccccc1N=Cc1ccccc1O. The summed E-state index contributed by atoms with van der Waals surface area (Å²) < 4.78 is 0. The minimum Gasteiger partial charge on any atom is -0.507 e. The number of phenols is 1. The van der Waals surface area contributed by atoms with Crippen molar-refractivity contribution in [1.29, 1.82) is 0 Å². The van der Waals surface area contributed by atoms with E-state index >= 15 is 0 Å². The molecule has 3 heteroatoms. The quantitative estimate of drug-likeness (QED) is 0.594. The van der Waals surface area contributed by atoms with Gasteiger partial charge in [0.25, 0.3) is 0 Å². The average molecular weight is 212 g/mol. The molecule has 2 rings (SSSR count).